The third-order valence-corrected chi connectivity index (χ3v) is 4.57. The topological polar surface area (TPSA) is 59.0 Å². The second-order valence-corrected chi connectivity index (χ2v) is 6.54. The quantitative estimate of drug-likeness (QED) is 0.726. The number of fused-ring (bicyclic) bond motifs is 1. The predicted molar refractivity (Wildman–Crippen MR) is 93.2 cm³/mol. The summed E-state index contributed by atoms with van der Waals surface area (Å²) in [5.74, 6) is 3.02. The number of hydrogen-bond donors (Lipinski definition) is 1. The highest BCUT2D eigenvalue weighted by molar-refractivity contribution is 5.76. The number of ether oxygens (including phenoxy) is 1. The highest BCUT2D eigenvalue weighted by atomic mass is 16.5. The van der Waals surface area contributed by atoms with Crippen molar-refractivity contribution >= 4 is 11.0 Å². The van der Waals surface area contributed by atoms with Gasteiger partial charge in [0.1, 0.15) is 17.4 Å². The molecule has 0 radical (unpaired) electrons. The van der Waals surface area contributed by atoms with Gasteiger partial charge in [-0.25, -0.2) is 9.97 Å². The zero-order valence-electron chi connectivity index (χ0n) is 14.2. The van der Waals surface area contributed by atoms with Crippen LogP contribution in [0.3, 0.4) is 0 Å². The number of rotatable bonds is 7. The summed E-state index contributed by atoms with van der Waals surface area (Å²) in [6.07, 6.45) is 7.48. The molecule has 1 fully saturated rings. The minimum atomic E-state index is 0.682. The van der Waals surface area contributed by atoms with Crippen LogP contribution in [0.4, 0.5) is 0 Å². The lowest BCUT2D eigenvalue weighted by Gasteiger charge is -2.16. The summed E-state index contributed by atoms with van der Waals surface area (Å²) in [5.41, 5.74) is 2.01. The van der Waals surface area contributed by atoms with Gasteiger partial charge < -0.3 is 14.3 Å². The van der Waals surface area contributed by atoms with Crippen LogP contribution >= 0.6 is 0 Å². The Hall–Kier alpha value is -2.34. The monoisotopic (exact) mass is 325 g/mol. The van der Waals surface area contributed by atoms with Crippen LogP contribution in [-0.2, 0) is 13.0 Å². The van der Waals surface area contributed by atoms with Crippen LogP contribution in [0.15, 0.2) is 30.6 Å². The van der Waals surface area contributed by atoms with Crippen molar-refractivity contribution < 1.29 is 4.74 Å². The lowest BCUT2D eigenvalue weighted by Crippen LogP contribution is -2.23. The maximum absolute atomic E-state index is 5.26. The van der Waals surface area contributed by atoms with E-state index >= 15 is 0 Å². The van der Waals surface area contributed by atoms with Gasteiger partial charge in [0.15, 0.2) is 0 Å². The molecule has 126 valence electrons. The van der Waals surface area contributed by atoms with Gasteiger partial charge in [0, 0.05) is 37.5 Å². The molecule has 0 saturated heterocycles. The van der Waals surface area contributed by atoms with Gasteiger partial charge in [-0.2, -0.15) is 0 Å². The highest BCUT2D eigenvalue weighted by Crippen LogP contribution is 2.35. The maximum Gasteiger partial charge on any atom is 0.123 e. The van der Waals surface area contributed by atoms with Crippen LogP contribution < -0.4 is 4.74 Å². The molecule has 2 heterocycles. The molecule has 0 atom stereocenters. The summed E-state index contributed by atoms with van der Waals surface area (Å²) in [4.78, 5) is 14.9. The van der Waals surface area contributed by atoms with E-state index in [0.717, 1.165) is 47.9 Å². The molecular weight excluding hydrogens is 302 g/mol. The second-order valence-electron chi connectivity index (χ2n) is 6.54. The van der Waals surface area contributed by atoms with Crippen LogP contribution in [0.1, 0.15) is 30.5 Å². The van der Waals surface area contributed by atoms with Crippen LogP contribution in [-0.4, -0.2) is 45.1 Å². The van der Waals surface area contributed by atoms with E-state index in [1.807, 2.05) is 24.4 Å². The summed E-state index contributed by atoms with van der Waals surface area (Å²) in [6, 6.07) is 6.60. The van der Waals surface area contributed by atoms with Crippen molar-refractivity contribution in [1.29, 1.82) is 0 Å². The van der Waals surface area contributed by atoms with Crippen molar-refractivity contribution in [3.05, 3.63) is 42.2 Å². The molecule has 0 aliphatic heterocycles. The van der Waals surface area contributed by atoms with E-state index in [0.29, 0.717) is 6.04 Å². The molecule has 1 aliphatic rings. The molecule has 1 saturated carbocycles. The average molecular weight is 325 g/mol. The van der Waals surface area contributed by atoms with Crippen LogP contribution in [0.25, 0.3) is 11.0 Å². The standard InChI is InChI=1S/C18H23N5O/c1-22(12-18-19-8-10-23(18)13-3-4-13)9-7-17-20-15-6-5-14(24-2)11-16(15)21-17/h5-6,8,10-11,13H,3-4,7,9,12H2,1-2H3,(H,20,21). The summed E-state index contributed by atoms with van der Waals surface area (Å²) in [5, 5.41) is 0. The van der Waals surface area contributed by atoms with E-state index in [1.54, 1.807) is 7.11 Å². The molecule has 2 aromatic heterocycles. The van der Waals surface area contributed by atoms with Crippen LogP contribution in [0, 0.1) is 0 Å². The molecule has 1 aliphatic carbocycles. The number of nitrogens with one attached hydrogen (secondary N) is 1. The van der Waals surface area contributed by atoms with Crippen LogP contribution in [0.5, 0.6) is 5.75 Å². The third kappa shape index (κ3) is 3.14. The first-order valence-corrected chi connectivity index (χ1v) is 8.46. The summed E-state index contributed by atoms with van der Waals surface area (Å²) in [6.45, 7) is 1.81. The van der Waals surface area contributed by atoms with Gasteiger partial charge in [0.2, 0.25) is 0 Å². The number of hydrogen-bond acceptors (Lipinski definition) is 4. The van der Waals surface area contributed by atoms with Gasteiger partial charge in [-0.15, -0.1) is 0 Å². The SMILES string of the molecule is COc1ccc2nc(CCN(C)Cc3nccn3C3CC3)[nH]c2c1. The average Bonchev–Trinajstić information content (AvgIpc) is 3.19. The number of imidazole rings is 2. The Morgan fingerprint density at radius 2 is 2.25 bits per heavy atom. The molecular formula is C18H23N5O. The first-order valence-electron chi connectivity index (χ1n) is 8.46. The van der Waals surface area contributed by atoms with Crippen molar-refractivity contribution in [3.63, 3.8) is 0 Å². The smallest absolute Gasteiger partial charge is 0.123 e. The Balaban J connectivity index is 1.38. The number of nitrogens with zero attached hydrogens (tertiary/aromatic N) is 4. The number of methoxy groups -OCH3 is 1. The molecule has 4 rings (SSSR count). The Morgan fingerprint density at radius 3 is 3.04 bits per heavy atom. The highest BCUT2D eigenvalue weighted by Gasteiger charge is 2.25. The minimum Gasteiger partial charge on any atom is -0.497 e. The molecule has 0 spiro atoms. The maximum atomic E-state index is 5.26. The van der Waals surface area contributed by atoms with E-state index in [2.05, 4.69) is 37.7 Å². The van der Waals surface area contributed by atoms with E-state index < -0.39 is 0 Å². The van der Waals surface area contributed by atoms with Crippen molar-refractivity contribution in [3.8, 4) is 5.75 Å². The van der Waals surface area contributed by atoms with Gasteiger partial charge >= 0.3 is 0 Å². The Labute approximate surface area is 141 Å². The molecule has 6 nitrogen and oxygen atoms in total. The van der Waals surface area contributed by atoms with E-state index in [-0.39, 0.29) is 0 Å². The number of H-pyrrole nitrogens is 1. The molecule has 24 heavy (non-hydrogen) atoms. The summed E-state index contributed by atoms with van der Waals surface area (Å²) >= 11 is 0. The summed E-state index contributed by atoms with van der Waals surface area (Å²) < 4.78 is 7.58. The van der Waals surface area contributed by atoms with E-state index in [4.69, 9.17) is 4.74 Å². The molecule has 0 bridgehead atoms. The van der Waals surface area contributed by atoms with Crippen molar-refractivity contribution in [2.75, 3.05) is 20.7 Å². The van der Waals surface area contributed by atoms with Crippen LogP contribution in [0.2, 0.25) is 0 Å². The second kappa shape index (κ2) is 6.28. The number of aromatic nitrogens is 4. The molecule has 3 aromatic rings. The van der Waals surface area contributed by atoms with Crippen molar-refractivity contribution in [1.82, 2.24) is 24.4 Å². The Morgan fingerprint density at radius 1 is 1.38 bits per heavy atom. The zero-order chi connectivity index (χ0) is 16.5. The molecule has 1 aromatic carbocycles. The van der Waals surface area contributed by atoms with Gasteiger partial charge in [-0.3, -0.25) is 4.90 Å². The fourth-order valence-electron chi connectivity index (χ4n) is 3.06. The molecule has 1 N–H and O–H groups in total. The van der Waals surface area contributed by atoms with Gasteiger partial charge in [-0.1, -0.05) is 0 Å². The third-order valence-electron chi connectivity index (χ3n) is 4.57. The van der Waals surface area contributed by atoms with Gasteiger partial charge in [0.25, 0.3) is 0 Å². The normalized spacial score (nSPS) is 14.6. The lowest BCUT2D eigenvalue weighted by molar-refractivity contribution is 0.315. The Bertz CT molecular complexity index is 833. The molecule has 6 heteroatoms. The fourth-order valence-corrected chi connectivity index (χ4v) is 3.06. The number of benzene rings is 1. The molecule has 0 amide bonds. The van der Waals surface area contributed by atoms with Crippen molar-refractivity contribution in [2.24, 2.45) is 0 Å². The van der Waals surface area contributed by atoms with E-state index in [1.165, 1.54) is 12.8 Å². The van der Waals surface area contributed by atoms with Gasteiger partial charge in [0.05, 0.1) is 24.7 Å². The first kappa shape index (κ1) is 15.2. The van der Waals surface area contributed by atoms with Crippen molar-refractivity contribution in [2.45, 2.75) is 31.8 Å². The summed E-state index contributed by atoms with van der Waals surface area (Å²) in [7, 11) is 3.82. The number of likely N-dealkylation sites (N-methyl/N-ethyl adjacent to an activating group) is 1. The predicted octanol–water partition coefficient (Wildman–Crippen LogP) is 2.78. The minimum absolute atomic E-state index is 0.682. The lowest BCUT2D eigenvalue weighted by atomic mass is 10.3. The fraction of sp³-hybridized carbons (Fsp3) is 0.444. The first-order chi connectivity index (χ1) is 11.7. The number of aromatic amines is 1. The Kier molecular flexibility index (Phi) is 3.98. The molecule has 0 unspecified atom stereocenters. The zero-order valence-corrected chi connectivity index (χ0v) is 14.2. The van der Waals surface area contributed by atoms with E-state index in [9.17, 15) is 0 Å². The largest absolute Gasteiger partial charge is 0.497 e. The van der Waals surface area contributed by atoms with Gasteiger partial charge in [-0.05, 0) is 32.0 Å².